The summed E-state index contributed by atoms with van der Waals surface area (Å²) in [5, 5.41) is 4.22. The van der Waals surface area contributed by atoms with Gasteiger partial charge < -0.3 is 24.3 Å². The molecule has 6 nitrogen and oxygen atoms in total. The minimum absolute atomic E-state index is 0. The third-order valence-corrected chi connectivity index (χ3v) is 9.29. The lowest BCUT2D eigenvalue weighted by Gasteiger charge is -2.39. The first-order valence-electron chi connectivity index (χ1n) is 17.9. The summed E-state index contributed by atoms with van der Waals surface area (Å²) in [5.41, 5.74) is 0.371. The van der Waals surface area contributed by atoms with Gasteiger partial charge in [0.05, 0.1) is 12.2 Å². The van der Waals surface area contributed by atoms with E-state index in [4.69, 9.17) is 18.9 Å². The highest BCUT2D eigenvalue weighted by Gasteiger charge is 2.33. The molecule has 4 aromatic carbocycles. The molecule has 0 bridgehead atoms. The van der Waals surface area contributed by atoms with E-state index in [1.54, 1.807) is 6.07 Å². The van der Waals surface area contributed by atoms with E-state index in [0.717, 1.165) is 93.2 Å². The van der Waals surface area contributed by atoms with E-state index in [-0.39, 0.29) is 29.4 Å². The van der Waals surface area contributed by atoms with Gasteiger partial charge in [-0.05, 0) is 120 Å². The molecule has 0 spiro atoms. The molecule has 6 rings (SSSR count). The molecule has 4 aromatic rings. The number of piperidine rings is 2. The van der Waals surface area contributed by atoms with Crippen LogP contribution in [-0.4, -0.2) is 67.4 Å². The minimum atomic E-state index is -4.35. The fraction of sp³-hybridized carbons (Fsp3) is 0.429. The van der Waals surface area contributed by atoms with Gasteiger partial charge in [0.25, 0.3) is 0 Å². The van der Waals surface area contributed by atoms with Crippen molar-refractivity contribution in [3.05, 3.63) is 120 Å². The van der Waals surface area contributed by atoms with Gasteiger partial charge in [0, 0.05) is 25.0 Å². The summed E-state index contributed by atoms with van der Waals surface area (Å²) < 4.78 is 61.3. The van der Waals surface area contributed by atoms with Crippen molar-refractivity contribution in [2.24, 2.45) is 0 Å². The summed E-state index contributed by atoms with van der Waals surface area (Å²) in [6.07, 6.45) is -0.393. The number of para-hydroxylation sites is 2. The van der Waals surface area contributed by atoms with Gasteiger partial charge in [-0.25, -0.2) is 0 Å². The second kappa shape index (κ2) is 22.1. The third kappa shape index (κ3) is 16.2. The molecule has 11 heteroatoms. The first-order valence-corrected chi connectivity index (χ1v) is 19.0. The fourth-order valence-corrected chi connectivity index (χ4v) is 6.03. The number of likely N-dealkylation sites (tertiary alicyclic amines) is 1. The fourth-order valence-electron chi connectivity index (χ4n) is 5.87. The maximum atomic E-state index is 12.7. The number of alkyl halides is 4. The predicted molar refractivity (Wildman–Crippen MR) is 213 cm³/mol. The van der Waals surface area contributed by atoms with E-state index in [0.29, 0.717) is 13.2 Å². The molecule has 53 heavy (non-hydrogen) atoms. The van der Waals surface area contributed by atoms with Gasteiger partial charge in [0.15, 0.2) is 0 Å². The zero-order valence-electron chi connectivity index (χ0n) is 30.9. The number of benzene rings is 4. The number of rotatable bonds is 11. The van der Waals surface area contributed by atoms with Gasteiger partial charge in [-0.15, -0.1) is 12.4 Å². The molecule has 0 atom stereocenters. The summed E-state index contributed by atoms with van der Waals surface area (Å²) in [6.45, 7) is 12.0. The molecule has 1 N–H and O–H groups in total. The smallest absolute Gasteiger partial charge is 0.416 e. The highest BCUT2D eigenvalue weighted by molar-refractivity contribution is 9.09. The van der Waals surface area contributed by atoms with Crippen LogP contribution in [0.15, 0.2) is 109 Å². The van der Waals surface area contributed by atoms with Crippen LogP contribution < -0.4 is 24.3 Å². The van der Waals surface area contributed by atoms with E-state index in [2.05, 4.69) is 53.0 Å². The van der Waals surface area contributed by atoms with Crippen LogP contribution in [0.25, 0.3) is 0 Å². The highest BCUT2D eigenvalue weighted by atomic mass is 79.9. The van der Waals surface area contributed by atoms with E-state index in [1.807, 2.05) is 78.9 Å². The molecule has 2 saturated heterocycles. The molecule has 2 fully saturated rings. The first-order chi connectivity index (χ1) is 25.0. The van der Waals surface area contributed by atoms with Gasteiger partial charge in [0.2, 0.25) is 0 Å². The second-order valence-electron chi connectivity index (χ2n) is 13.5. The number of aryl methyl sites for hydroxylation is 1. The monoisotopic (exact) mass is 820 g/mol. The average molecular weight is 822 g/mol. The quantitative estimate of drug-likeness (QED) is 0.152. The highest BCUT2D eigenvalue weighted by Crippen LogP contribution is 2.32. The molecule has 0 saturated carbocycles. The molecular formula is C42H53BrClF3N2O4. The number of nitrogens with zero attached hydrogens (tertiary/aromatic N) is 1. The molecule has 0 radical (unpaired) electrons. The SMILES string of the molecule is CC1(Oc2ccccc2)CCN(CCOc2cccc(C(F)(F)F)c2)CC1.CC1(Oc2ccccc2)CCNCC1.Cc1cccc(OCCBr)c1.Cl. The van der Waals surface area contributed by atoms with E-state index >= 15 is 0 Å². The first kappa shape index (κ1) is 44.0. The standard InChI is InChI=1S/C21H24F3NO2.C12H17NO.C9H11BrO.ClH/c1-20(27-18-7-3-2-4-8-18)10-12-25(13-11-20)14-15-26-19-9-5-6-17(16-19)21(22,23)24;1-12(7-9-13-10-8-12)14-11-5-3-2-4-6-11;1-8-3-2-4-9(7-8)11-6-5-10;/h2-9,16H,10-15H2,1H3;2-6,13H,7-10H2,1H3;2-4,7H,5-6H2,1H3;1H. The van der Waals surface area contributed by atoms with Crippen molar-refractivity contribution in [1.82, 2.24) is 10.2 Å². The van der Waals surface area contributed by atoms with Crippen LogP contribution in [0.3, 0.4) is 0 Å². The molecule has 2 aliphatic heterocycles. The van der Waals surface area contributed by atoms with Gasteiger partial charge >= 0.3 is 6.18 Å². The minimum Gasteiger partial charge on any atom is -0.493 e. The van der Waals surface area contributed by atoms with Crippen molar-refractivity contribution < 1.29 is 32.1 Å². The van der Waals surface area contributed by atoms with E-state index in [1.165, 1.54) is 11.6 Å². The number of halogens is 5. The average Bonchev–Trinajstić information content (AvgIpc) is 3.13. The number of ether oxygens (including phenoxy) is 4. The zero-order chi connectivity index (χ0) is 37.3. The van der Waals surface area contributed by atoms with Gasteiger partial charge in [-0.3, -0.25) is 4.90 Å². The van der Waals surface area contributed by atoms with Crippen molar-refractivity contribution in [2.45, 2.75) is 63.8 Å². The summed E-state index contributed by atoms with van der Waals surface area (Å²) in [7, 11) is 0. The Bertz CT molecular complexity index is 1590. The topological polar surface area (TPSA) is 52.2 Å². The molecule has 0 unspecified atom stereocenters. The summed E-state index contributed by atoms with van der Waals surface area (Å²) in [5.74, 6) is 3.06. The summed E-state index contributed by atoms with van der Waals surface area (Å²) in [6, 6.07) is 32.9. The Labute approximate surface area is 327 Å². The molecule has 2 heterocycles. The van der Waals surface area contributed by atoms with Crippen molar-refractivity contribution in [2.75, 3.05) is 51.3 Å². The lowest BCUT2D eigenvalue weighted by atomic mass is 9.93. The molecular weight excluding hydrogens is 769 g/mol. The molecule has 0 aromatic heterocycles. The number of hydrogen-bond acceptors (Lipinski definition) is 6. The van der Waals surface area contributed by atoms with Crippen LogP contribution >= 0.6 is 28.3 Å². The third-order valence-electron chi connectivity index (χ3n) is 8.96. The Balaban J connectivity index is 0.000000242. The van der Waals surface area contributed by atoms with Gasteiger partial charge in [-0.1, -0.05) is 70.5 Å². The van der Waals surface area contributed by atoms with Crippen molar-refractivity contribution >= 4 is 28.3 Å². The largest absolute Gasteiger partial charge is 0.493 e. The Hall–Kier alpha value is -3.44. The van der Waals surface area contributed by atoms with Crippen molar-refractivity contribution in [3.63, 3.8) is 0 Å². The number of hydrogen-bond donors (Lipinski definition) is 1. The molecule has 2 aliphatic rings. The lowest BCUT2D eigenvalue weighted by molar-refractivity contribution is -0.137. The Morgan fingerprint density at radius 3 is 1.68 bits per heavy atom. The van der Waals surface area contributed by atoms with Gasteiger partial charge in [0.1, 0.15) is 40.8 Å². The van der Waals surface area contributed by atoms with E-state index < -0.39 is 11.7 Å². The normalized spacial score (nSPS) is 16.3. The van der Waals surface area contributed by atoms with E-state index in [9.17, 15) is 13.2 Å². The van der Waals surface area contributed by atoms with Crippen molar-refractivity contribution in [3.8, 4) is 23.0 Å². The maximum Gasteiger partial charge on any atom is 0.416 e. The van der Waals surface area contributed by atoms with Crippen LogP contribution in [-0.2, 0) is 6.18 Å². The Morgan fingerprint density at radius 1 is 0.660 bits per heavy atom. The van der Waals surface area contributed by atoms with Crippen LogP contribution in [0, 0.1) is 6.92 Å². The van der Waals surface area contributed by atoms with Crippen molar-refractivity contribution in [1.29, 1.82) is 0 Å². The Morgan fingerprint density at radius 2 is 1.15 bits per heavy atom. The Kier molecular flexibility index (Phi) is 18.3. The molecule has 0 aliphatic carbocycles. The maximum absolute atomic E-state index is 12.7. The molecule has 0 amide bonds. The van der Waals surface area contributed by atoms with Gasteiger partial charge in [-0.2, -0.15) is 13.2 Å². The summed E-state index contributed by atoms with van der Waals surface area (Å²) >= 11 is 3.30. The number of nitrogens with one attached hydrogen (secondary N) is 1. The van der Waals surface area contributed by atoms with Crippen LogP contribution in [0.1, 0.15) is 50.7 Å². The van der Waals surface area contributed by atoms with Crippen LogP contribution in [0.5, 0.6) is 23.0 Å². The van der Waals surface area contributed by atoms with Crippen LogP contribution in [0.2, 0.25) is 0 Å². The summed E-state index contributed by atoms with van der Waals surface area (Å²) in [4.78, 5) is 2.25. The lowest BCUT2D eigenvalue weighted by Crippen LogP contribution is -2.47. The molecule has 290 valence electrons. The second-order valence-corrected chi connectivity index (χ2v) is 14.3. The van der Waals surface area contributed by atoms with Crippen LogP contribution in [0.4, 0.5) is 13.2 Å². The predicted octanol–water partition coefficient (Wildman–Crippen LogP) is 10.4. The zero-order valence-corrected chi connectivity index (χ0v) is 33.3.